The smallest absolute Gasteiger partial charge is 0.338 e. The molecule has 0 amide bonds. The molecule has 1 rings (SSSR count). The van der Waals surface area contributed by atoms with E-state index in [1.165, 1.54) is 18.4 Å². The molecule has 1 unspecified atom stereocenters. The molecule has 0 spiro atoms. The summed E-state index contributed by atoms with van der Waals surface area (Å²) >= 11 is 1.34. The van der Waals surface area contributed by atoms with Crippen LogP contribution in [0, 0.1) is 12.8 Å². The van der Waals surface area contributed by atoms with Crippen molar-refractivity contribution in [2.75, 3.05) is 20.3 Å². The van der Waals surface area contributed by atoms with Crippen LogP contribution in [0.3, 0.4) is 0 Å². The van der Waals surface area contributed by atoms with E-state index in [1.807, 2.05) is 6.92 Å². The maximum Gasteiger partial charge on any atom is 0.338 e. The van der Waals surface area contributed by atoms with Crippen molar-refractivity contribution in [3.05, 3.63) is 21.4 Å². The van der Waals surface area contributed by atoms with Crippen molar-refractivity contribution in [1.29, 1.82) is 0 Å². The number of carbonyl (C=O) groups is 2. The zero-order valence-corrected chi connectivity index (χ0v) is 16.2. The summed E-state index contributed by atoms with van der Waals surface area (Å²) in [6.45, 7) is 7.76. The second kappa shape index (κ2) is 11.4. The molecule has 0 N–H and O–H groups in total. The summed E-state index contributed by atoms with van der Waals surface area (Å²) in [7, 11) is 1.36. The Morgan fingerprint density at radius 2 is 1.96 bits per heavy atom. The monoisotopic (exact) mass is 354 g/mol. The van der Waals surface area contributed by atoms with Crippen LogP contribution in [0.4, 0.5) is 0 Å². The second-order valence-electron chi connectivity index (χ2n) is 6.09. The average Bonchev–Trinajstić information content (AvgIpc) is 2.97. The molecule has 24 heavy (non-hydrogen) atoms. The number of hydrogen-bond acceptors (Lipinski definition) is 5. The van der Waals surface area contributed by atoms with Gasteiger partial charge in [-0.25, -0.2) is 4.79 Å². The summed E-state index contributed by atoms with van der Waals surface area (Å²) < 4.78 is 10.3. The zero-order valence-electron chi connectivity index (χ0n) is 15.4. The third-order valence-corrected chi connectivity index (χ3v) is 5.43. The van der Waals surface area contributed by atoms with E-state index in [0.717, 1.165) is 50.9 Å². The highest BCUT2D eigenvalue weighted by atomic mass is 32.1. The summed E-state index contributed by atoms with van der Waals surface area (Å²) in [5.74, 6) is 0.371. The number of rotatable bonds is 12. The number of carbonyl (C=O) groups excluding carboxylic acids is 2. The Morgan fingerprint density at radius 1 is 1.21 bits per heavy atom. The molecule has 0 saturated carbocycles. The minimum absolute atomic E-state index is 0.129. The summed E-state index contributed by atoms with van der Waals surface area (Å²) in [5.41, 5.74) is 1.25. The van der Waals surface area contributed by atoms with Crippen LogP contribution < -0.4 is 0 Å². The van der Waals surface area contributed by atoms with E-state index in [0.29, 0.717) is 22.8 Å². The van der Waals surface area contributed by atoms with Crippen LogP contribution in [0.15, 0.2) is 5.38 Å². The quantitative estimate of drug-likeness (QED) is 0.300. The van der Waals surface area contributed by atoms with Gasteiger partial charge in [0, 0.05) is 25.0 Å². The van der Waals surface area contributed by atoms with Gasteiger partial charge in [0.25, 0.3) is 0 Å². The topological polar surface area (TPSA) is 52.6 Å². The number of esters is 1. The second-order valence-corrected chi connectivity index (χ2v) is 6.97. The van der Waals surface area contributed by atoms with Crippen LogP contribution in [0.1, 0.15) is 78.0 Å². The first-order valence-corrected chi connectivity index (χ1v) is 9.70. The van der Waals surface area contributed by atoms with Gasteiger partial charge in [0.1, 0.15) is 0 Å². The van der Waals surface area contributed by atoms with Crippen molar-refractivity contribution in [3.8, 4) is 0 Å². The summed E-state index contributed by atoms with van der Waals surface area (Å²) in [6, 6.07) is 0. The highest BCUT2D eigenvalue weighted by Gasteiger charge is 2.19. The van der Waals surface area contributed by atoms with E-state index < -0.39 is 0 Å². The molecule has 5 heteroatoms. The molecule has 4 nitrogen and oxygen atoms in total. The average molecular weight is 355 g/mol. The number of ether oxygens (including phenoxy) is 2. The van der Waals surface area contributed by atoms with Gasteiger partial charge >= 0.3 is 5.97 Å². The minimum atomic E-state index is -0.374. The largest absolute Gasteiger partial charge is 0.465 e. The molecule has 0 fully saturated rings. The number of methoxy groups -OCH3 is 1. The molecule has 1 aromatic heterocycles. The van der Waals surface area contributed by atoms with Gasteiger partial charge < -0.3 is 9.47 Å². The van der Waals surface area contributed by atoms with Crippen molar-refractivity contribution in [1.82, 2.24) is 0 Å². The lowest BCUT2D eigenvalue weighted by Crippen LogP contribution is -2.07. The fraction of sp³-hybridized carbons (Fsp3) is 0.684. The fourth-order valence-electron chi connectivity index (χ4n) is 2.72. The van der Waals surface area contributed by atoms with Gasteiger partial charge in [-0.2, -0.15) is 0 Å². The van der Waals surface area contributed by atoms with Crippen LogP contribution in [0.2, 0.25) is 0 Å². The van der Waals surface area contributed by atoms with Crippen molar-refractivity contribution in [3.63, 3.8) is 0 Å². The van der Waals surface area contributed by atoms with E-state index in [4.69, 9.17) is 9.47 Å². The SMILES string of the molecule is CCCOCCC(CC)CCCC(=O)c1scc(C(=O)OC)c1C. The Balaban J connectivity index is 2.43. The van der Waals surface area contributed by atoms with Crippen molar-refractivity contribution < 1.29 is 19.1 Å². The highest BCUT2D eigenvalue weighted by molar-refractivity contribution is 7.12. The molecule has 0 aliphatic carbocycles. The normalized spacial score (nSPS) is 12.2. The predicted molar refractivity (Wildman–Crippen MR) is 98.1 cm³/mol. The number of Topliss-reactive ketones (excluding diaryl/α,β-unsaturated/α-hetero) is 1. The van der Waals surface area contributed by atoms with E-state index in [2.05, 4.69) is 13.8 Å². The third-order valence-electron chi connectivity index (χ3n) is 4.31. The first-order chi connectivity index (χ1) is 11.5. The summed E-state index contributed by atoms with van der Waals surface area (Å²) in [4.78, 5) is 24.7. The predicted octanol–water partition coefficient (Wildman–Crippen LogP) is 5.04. The minimum Gasteiger partial charge on any atom is -0.465 e. The van der Waals surface area contributed by atoms with Crippen LogP contribution in [-0.4, -0.2) is 32.1 Å². The molecule has 0 bridgehead atoms. The van der Waals surface area contributed by atoms with Gasteiger partial charge in [-0.15, -0.1) is 11.3 Å². The lowest BCUT2D eigenvalue weighted by Gasteiger charge is -2.14. The van der Waals surface area contributed by atoms with Crippen molar-refractivity contribution in [2.45, 2.75) is 59.3 Å². The molecular formula is C19H30O4S. The van der Waals surface area contributed by atoms with E-state index in [-0.39, 0.29) is 11.8 Å². The summed E-state index contributed by atoms with van der Waals surface area (Å²) in [5, 5.41) is 1.72. The Morgan fingerprint density at radius 3 is 2.58 bits per heavy atom. The molecule has 0 saturated heterocycles. The number of ketones is 1. The van der Waals surface area contributed by atoms with E-state index in [9.17, 15) is 9.59 Å². The van der Waals surface area contributed by atoms with Gasteiger partial charge in [-0.1, -0.05) is 20.3 Å². The molecule has 1 aromatic rings. The van der Waals surface area contributed by atoms with Gasteiger partial charge in [0.15, 0.2) is 5.78 Å². The van der Waals surface area contributed by atoms with Crippen LogP contribution >= 0.6 is 11.3 Å². The number of thiophene rings is 1. The Kier molecular flexibility index (Phi) is 9.88. The van der Waals surface area contributed by atoms with Gasteiger partial charge in [0.2, 0.25) is 0 Å². The van der Waals surface area contributed by atoms with E-state index >= 15 is 0 Å². The molecular weight excluding hydrogens is 324 g/mol. The molecule has 0 aromatic carbocycles. The Labute approximate surface area is 149 Å². The molecule has 1 heterocycles. The summed E-state index contributed by atoms with van der Waals surface area (Å²) in [6.07, 6.45) is 5.71. The van der Waals surface area contributed by atoms with Crippen LogP contribution in [0.25, 0.3) is 0 Å². The molecule has 0 radical (unpaired) electrons. The van der Waals surface area contributed by atoms with Gasteiger partial charge in [0.05, 0.1) is 17.6 Å². The lowest BCUT2D eigenvalue weighted by molar-refractivity contribution is 0.0600. The molecule has 0 aliphatic rings. The fourth-order valence-corrected chi connectivity index (χ4v) is 3.75. The first kappa shape index (κ1) is 20.8. The Bertz CT molecular complexity index is 521. The molecule has 1 atom stereocenters. The zero-order chi connectivity index (χ0) is 17.9. The van der Waals surface area contributed by atoms with Crippen molar-refractivity contribution in [2.24, 2.45) is 5.92 Å². The van der Waals surface area contributed by atoms with Gasteiger partial charge in [-0.05, 0) is 44.1 Å². The van der Waals surface area contributed by atoms with Crippen LogP contribution in [0.5, 0.6) is 0 Å². The maximum absolute atomic E-state index is 12.4. The third kappa shape index (κ3) is 6.36. The number of hydrogen-bond donors (Lipinski definition) is 0. The molecule has 136 valence electrons. The highest BCUT2D eigenvalue weighted by Crippen LogP contribution is 2.25. The standard InChI is InChI=1S/C19H30O4S/c1-5-11-23-12-10-15(6-2)8-7-9-17(20)18-14(3)16(13-24-18)19(21)22-4/h13,15H,5-12H2,1-4H3. The van der Waals surface area contributed by atoms with Crippen LogP contribution in [-0.2, 0) is 9.47 Å². The Hall–Kier alpha value is -1.20. The lowest BCUT2D eigenvalue weighted by atomic mass is 9.95. The maximum atomic E-state index is 12.4. The molecule has 0 aliphatic heterocycles. The first-order valence-electron chi connectivity index (χ1n) is 8.82. The van der Waals surface area contributed by atoms with Gasteiger partial charge in [-0.3, -0.25) is 4.79 Å². The van der Waals surface area contributed by atoms with E-state index in [1.54, 1.807) is 5.38 Å². The van der Waals surface area contributed by atoms with Crippen molar-refractivity contribution >= 4 is 23.1 Å².